The third-order valence-electron chi connectivity index (χ3n) is 2.87. The van der Waals surface area contributed by atoms with Gasteiger partial charge in [0, 0.05) is 6.54 Å². The maximum absolute atomic E-state index is 10.5. The van der Waals surface area contributed by atoms with Crippen LogP contribution in [0.2, 0.25) is 0 Å². The summed E-state index contributed by atoms with van der Waals surface area (Å²) in [6.45, 7) is 6.85. The Hall–Kier alpha value is -0.350. The van der Waals surface area contributed by atoms with Gasteiger partial charge in [-0.3, -0.25) is 4.68 Å². The minimum absolute atomic E-state index is 0.783. The molecule has 0 saturated heterocycles. The van der Waals surface area contributed by atoms with E-state index in [4.69, 9.17) is 0 Å². The van der Waals surface area contributed by atoms with Gasteiger partial charge in [-0.25, -0.2) is 0 Å². The van der Waals surface area contributed by atoms with Gasteiger partial charge in [-0.1, -0.05) is 26.2 Å². The number of hydrogen-bond acceptors (Lipinski definition) is 2. The molecule has 1 aromatic rings. The van der Waals surface area contributed by atoms with Gasteiger partial charge in [0.1, 0.15) is 5.60 Å². The monoisotopic (exact) mass is 288 g/mol. The number of nitrogens with zero attached hydrogens (tertiary/aromatic N) is 2. The molecule has 1 rings (SSSR count). The fraction of sp³-hybridized carbons (Fsp3) is 0.750. The largest absolute Gasteiger partial charge is 0.384 e. The number of aliphatic hydroxyl groups is 1. The van der Waals surface area contributed by atoms with E-state index in [1.54, 1.807) is 6.20 Å². The molecule has 0 aromatic carbocycles. The zero-order valence-corrected chi connectivity index (χ0v) is 11.9. The van der Waals surface area contributed by atoms with Gasteiger partial charge < -0.3 is 5.11 Å². The van der Waals surface area contributed by atoms with Crippen LogP contribution in [-0.2, 0) is 12.1 Å². The number of unbranched alkanes of at least 4 members (excludes halogenated alkanes) is 2. The highest BCUT2D eigenvalue weighted by Gasteiger charge is 2.29. The summed E-state index contributed by atoms with van der Waals surface area (Å²) < 4.78 is 2.76. The molecular formula is C12H21BrN2O. The van der Waals surface area contributed by atoms with Gasteiger partial charge in [0.05, 0.1) is 16.4 Å². The summed E-state index contributed by atoms with van der Waals surface area (Å²) in [5.74, 6) is 0. The van der Waals surface area contributed by atoms with Crippen LogP contribution in [0.1, 0.15) is 52.1 Å². The van der Waals surface area contributed by atoms with Crippen LogP contribution in [0.5, 0.6) is 0 Å². The highest BCUT2D eigenvalue weighted by molar-refractivity contribution is 9.10. The van der Waals surface area contributed by atoms with E-state index in [-0.39, 0.29) is 0 Å². The molecule has 0 amide bonds. The van der Waals surface area contributed by atoms with E-state index in [1.165, 1.54) is 6.42 Å². The third-order valence-corrected chi connectivity index (χ3v) is 3.45. The second kappa shape index (κ2) is 5.82. The molecule has 1 aromatic heterocycles. The highest BCUT2D eigenvalue weighted by atomic mass is 79.9. The second-order valence-electron chi connectivity index (χ2n) is 4.39. The molecule has 0 bridgehead atoms. The lowest BCUT2D eigenvalue weighted by Crippen LogP contribution is -2.25. The molecule has 1 N–H and O–H groups in total. The quantitative estimate of drug-likeness (QED) is 0.814. The average molecular weight is 289 g/mol. The molecular weight excluding hydrogens is 268 g/mol. The summed E-state index contributed by atoms with van der Waals surface area (Å²) in [4.78, 5) is 0. The van der Waals surface area contributed by atoms with E-state index in [2.05, 4.69) is 28.0 Å². The molecule has 1 heterocycles. The molecule has 4 heteroatoms. The number of hydrogen-bond donors (Lipinski definition) is 1. The Labute approximate surface area is 106 Å². The second-order valence-corrected chi connectivity index (χ2v) is 5.24. The topological polar surface area (TPSA) is 38.1 Å². The van der Waals surface area contributed by atoms with Crippen LogP contribution >= 0.6 is 15.9 Å². The Morgan fingerprint density at radius 1 is 1.44 bits per heavy atom. The van der Waals surface area contributed by atoms with Crippen molar-refractivity contribution in [2.75, 3.05) is 0 Å². The predicted molar refractivity (Wildman–Crippen MR) is 69.3 cm³/mol. The molecule has 92 valence electrons. The van der Waals surface area contributed by atoms with Gasteiger partial charge in [-0.05, 0) is 36.2 Å². The van der Waals surface area contributed by atoms with Crippen LogP contribution in [0, 0.1) is 0 Å². The van der Waals surface area contributed by atoms with Crippen LogP contribution < -0.4 is 0 Å². The smallest absolute Gasteiger partial charge is 0.105 e. The zero-order valence-electron chi connectivity index (χ0n) is 10.3. The minimum Gasteiger partial charge on any atom is -0.384 e. The van der Waals surface area contributed by atoms with Crippen molar-refractivity contribution >= 4 is 15.9 Å². The summed E-state index contributed by atoms with van der Waals surface area (Å²) in [6.07, 6.45) is 5.92. The summed E-state index contributed by atoms with van der Waals surface area (Å²) >= 11 is 3.46. The summed E-state index contributed by atoms with van der Waals surface area (Å²) in [7, 11) is 0. The first-order valence-corrected chi connectivity index (χ1v) is 6.76. The first kappa shape index (κ1) is 13.7. The van der Waals surface area contributed by atoms with Crippen molar-refractivity contribution in [1.29, 1.82) is 0 Å². The number of rotatable bonds is 6. The van der Waals surface area contributed by atoms with Gasteiger partial charge in [0.15, 0.2) is 0 Å². The predicted octanol–water partition coefficient (Wildman–Crippen LogP) is 3.45. The summed E-state index contributed by atoms with van der Waals surface area (Å²) in [6, 6.07) is 0. The van der Waals surface area contributed by atoms with Crippen molar-refractivity contribution in [3.8, 4) is 0 Å². The van der Waals surface area contributed by atoms with Crippen molar-refractivity contribution in [3.63, 3.8) is 0 Å². The maximum Gasteiger partial charge on any atom is 0.105 e. The lowest BCUT2D eigenvalue weighted by molar-refractivity contribution is 0.0350. The van der Waals surface area contributed by atoms with Crippen LogP contribution in [0.15, 0.2) is 10.7 Å². The van der Waals surface area contributed by atoms with Crippen LogP contribution in [-0.4, -0.2) is 14.9 Å². The highest BCUT2D eigenvalue weighted by Crippen LogP contribution is 2.32. The van der Waals surface area contributed by atoms with E-state index in [0.29, 0.717) is 0 Å². The first-order chi connectivity index (χ1) is 7.53. The summed E-state index contributed by atoms with van der Waals surface area (Å²) in [5, 5.41) is 14.7. The number of halogens is 1. The van der Waals surface area contributed by atoms with Crippen molar-refractivity contribution in [3.05, 3.63) is 16.4 Å². The SMILES string of the molecule is CCCCCC(C)(O)c1c(Br)cnn1CC. The van der Waals surface area contributed by atoms with Crippen molar-refractivity contribution in [2.45, 2.75) is 58.6 Å². The third kappa shape index (κ3) is 3.08. The van der Waals surface area contributed by atoms with Gasteiger partial charge in [-0.2, -0.15) is 5.10 Å². The Bertz CT molecular complexity index is 334. The zero-order chi connectivity index (χ0) is 12.2. The van der Waals surface area contributed by atoms with Crippen molar-refractivity contribution < 1.29 is 5.11 Å². The molecule has 0 aliphatic carbocycles. The van der Waals surface area contributed by atoms with Gasteiger partial charge in [-0.15, -0.1) is 0 Å². The van der Waals surface area contributed by atoms with Crippen molar-refractivity contribution in [2.24, 2.45) is 0 Å². The normalized spacial score (nSPS) is 15.1. The number of aryl methyl sites for hydroxylation is 1. The molecule has 1 unspecified atom stereocenters. The molecule has 3 nitrogen and oxygen atoms in total. The molecule has 0 radical (unpaired) electrons. The molecule has 0 spiro atoms. The Kier molecular flexibility index (Phi) is 4.99. The molecule has 16 heavy (non-hydrogen) atoms. The average Bonchev–Trinajstić information content (AvgIpc) is 2.60. The van der Waals surface area contributed by atoms with E-state index < -0.39 is 5.60 Å². The molecule has 1 atom stereocenters. The standard InChI is InChI=1S/C12H21BrN2O/c1-4-6-7-8-12(3,16)11-10(13)9-14-15(11)5-2/h9,16H,4-8H2,1-3H3. The van der Waals surface area contributed by atoms with Crippen LogP contribution in [0.25, 0.3) is 0 Å². The van der Waals surface area contributed by atoms with Crippen LogP contribution in [0.4, 0.5) is 0 Å². The fourth-order valence-corrected chi connectivity index (χ4v) is 2.70. The summed E-state index contributed by atoms with van der Waals surface area (Å²) in [5.41, 5.74) is 0.103. The number of aromatic nitrogens is 2. The Morgan fingerprint density at radius 2 is 2.12 bits per heavy atom. The van der Waals surface area contributed by atoms with E-state index in [1.807, 2.05) is 18.5 Å². The van der Waals surface area contributed by atoms with E-state index in [9.17, 15) is 5.11 Å². The first-order valence-electron chi connectivity index (χ1n) is 5.97. The molecule has 0 aliphatic heterocycles. The lowest BCUT2D eigenvalue weighted by Gasteiger charge is -2.24. The lowest BCUT2D eigenvalue weighted by atomic mass is 9.94. The molecule has 0 fully saturated rings. The van der Waals surface area contributed by atoms with Crippen LogP contribution in [0.3, 0.4) is 0 Å². The Balaban J connectivity index is 2.83. The fourth-order valence-electron chi connectivity index (χ4n) is 1.98. The molecule has 0 aliphatic rings. The van der Waals surface area contributed by atoms with Crippen molar-refractivity contribution in [1.82, 2.24) is 9.78 Å². The van der Waals surface area contributed by atoms with Gasteiger partial charge in [0.2, 0.25) is 0 Å². The minimum atomic E-state index is -0.791. The van der Waals surface area contributed by atoms with E-state index >= 15 is 0 Å². The van der Waals surface area contributed by atoms with Gasteiger partial charge in [0.25, 0.3) is 0 Å². The Morgan fingerprint density at radius 3 is 2.69 bits per heavy atom. The van der Waals surface area contributed by atoms with Gasteiger partial charge >= 0.3 is 0 Å². The maximum atomic E-state index is 10.5. The van der Waals surface area contributed by atoms with E-state index in [0.717, 1.165) is 36.0 Å². The molecule has 0 saturated carbocycles.